The van der Waals surface area contributed by atoms with Gasteiger partial charge in [-0.1, -0.05) is 32.5 Å². The lowest BCUT2D eigenvalue weighted by Gasteiger charge is -2.14. The molecule has 2 aromatic rings. The van der Waals surface area contributed by atoms with Crippen molar-refractivity contribution in [2.24, 2.45) is 0 Å². The molecule has 3 nitrogen and oxygen atoms in total. The maximum atomic E-state index is 13.2. The second-order valence-corrected chi connectivity index (χ2v) is 8.58. The van der Waals surface area contributed by atoms with Crippen LogP contribution in [0.15, 0.2) is 39.1 Å². The SMILES string of the molecule is CC(C)Sc1nc2c(c(=O)n1-c1ccc(F)cc1)SC(C)C2. The predicted molar refractivity (Wildman–Crippen MR) is 89.8 cm³/mol. The zero-order valence-corrected chi connectivity index (χ0v) is 14.3. The second kappa shape index (κ2) is 6.08. The highest BCUT2D eigenvalue weighted by molar-refractivity contribution is 8.00. The highest BCUT2D eigenvalue weighted by atomic mass is 32.2. The quantitative estimate of drug-likeness (QED) is 0.629. The van der Waals surface area contributed by atoms with Crippen LogP contribution in [-0.2, 0) is 6.42 Å². The highest BCUT2D eigenvalue weighted by Crippen LogP contribution is 2.35. The predicted octanol–water partition coefficient (Wildman–Crippen LogP) is 3.91. The monoisotopic (exact) mass is 336 g/mol. The Morgan fingerprint density at radius 3 is 2.68 bits per heavy atom. The number of aromatic nitrogens is 2. The average Bonchev–Trinajstić information content (AvgIpc) is 2.81. The van der Waals surface area contributed by atoms with E-state index < -0.39 is 0 Å². The molecule has 1 aliphatic heterocycles. The third kappa shape index (κ3) is 2.94. The molecular formula is C16H17FN2OS2. The first kappa shape index (κ1) is 15.6. The van der Waals surface area contributed by atoms with Crippen LogP contribution < -0.4 is 5.56 Å². The van der Waals surface area contributed by atoms with Crippen molar-refractivity contribution in [1.29, 1.82) is 0 Å². The Balaban J connectivity index is 2.20. The van der Waals surface area contributed by atoms with E-state index in [0.29, 0.717) is 21.3 Å². The van der Waals surface area contributed by atoms with Crippen molar-refractivity contribution in [2.45, 2.75) is 47.7 Å². The molecule has 0 bridgehead atoms. The van der Waals surface area contributed by atoms with Gasteiger partial charge in [-0.3, -0.25) is 9.36 Å². The van der Waals surface area contributed by atoms with Gasteiger partial charge >= 0.3 is 0 Å². The molecule has 22 heavy (non-hydrogen) atoms. The minimum Gasteiger partial charge on any atom is -0.268 e. The van der Waals surface area contributed by atoms with Gasteiger partial charge in [0.1, 0.15) is 5.82 Å². The first-order chi connectivity index (χ1) is 10.5. The fraction of sp³-hybridized carbons (Fsp3) is 0.375. The van der Waals surface area contributed by atoms with Gasteiger partial charge in [-0.05, 0) is 24.3 Å². The molecule has 3 rings (SSSR count). The largest absolute Gasteiger partial charge is 0.272 e. The van der Waals surface area contributed by atoms with E-state index in [9.17, 15) is 9.18 Å². The minimum absolute atomic E-state index is 0.0471. The molecule has 0 N–H and O–H groups in total. The van der Waals surface area contributed by atoms with Gasteiger partial charge in [-0.2, -0.15) is 0 Å². The molecule has 0 aliphatic carbocycles. The molecule has 1 aromatic carbocycles. The molecular weight excluding hydrogens is 319 g/mol. The van der Waals surface area contributed by atoms with Crippen molar-refractivity contribution in [3.63, 3.8) is 0 Å². The number of halogens is 1. The fourth-order valence-corrected chi connectivity index (χ4v) is 4.39. The zero-order chi connectivity index (χ0) is 15.9. The van der Waals surface area contributed by atoms with E-state index in [-0.39, 0.29) is 11.4 Å². The van der Waals surface area contributed by atoms with Gasteiger partial charge in [0, 0.05) is 16.9 Å². The molecule has 0 spiro atoms. The smallest absolute Gasteiger partial charge is 0.268 e. The van der Waals surface area contributed by atoms with Gasteiger partial charge in [0.25, 0.3) is 5.56 Å². The minimum atomic E-state index is -0.313. The average molecular weight is 336 g/mol. The van der Waals surface area contributed by atoms with Gasteiger partial charge < -0.3 is 0 Å². The maximum Gasteiger partial charge on any atom is 0.272 e. The third-order valence-electron chi connectivity index (χ3n) is 3.31. The van der Waals surface area contributed by atoms with Gasteiger partial charge in [0.15, 0.2) is 5.16 Å². The van der Waals surface area contributed by atoms with Gasteiger partial charge in [0.05, 0.1) is 16.3 Å². The summed E-state index contributed by atoms with van der Waals surface area (Å²) >= 11 is 3.13. The Morgan fingerprint density at radius 2 is 2.05 bits per heavy atom. The Kier molecular flexibility index (Phi) is 4.32. The van der Waals surface area contributed by atoms with Crippen LogP contribution in [-0.4, -0.2) is 20.1 Å². The van der Waals surface area contributed by atoms with E-state index in [2.05, 4.69) is 20.8 Å². The number of hydrogen-bond acceptors (Lipinski definition) is 4. The van der Waals surface area contributed by atoms with E-state index in [0.717, 1.165) is 17.0 Å². The van der Waals surface area contributed by atoms with Crippen LogP contribution >= 0.6 is 23.5 Å². The molecule has 6 heteroatoms. The van der Waals surface area contributed by atoms with Crippen molar-refractivity contribution in [3.8, 4) is 5.69 Å². The number of thioether (sulfide) groups is 2. The lowest BCUT2D eigenvalue weighted by Crippen LogP contribution is -2.24. The van der Waals surface area contributed by atoms with E-state index >= 15 is 0 Å². The number of benzene rings is 1. The lowest BCUT2D eigenvalue weighted by atomic mass is 10.2. The number of rotatable bonds is 3. The summed E-state index contributed by atoms with van der Waals surface area (Å²) in [4.78, 5) is 18.3. The molecule has 1 aliphatic rings. The fourth-order valence-electron chi connectivity index (χ4n) is 2.41. The summed E-state index contributed by atoms with van der Waals surface area (Å²) in [5.74, 6) is -0.313. The normalized spacial score (nSPS) is 17.0. The van der Waals surface area contributed by atoms with Gasteiger partial charge in [-0.25, -0.2) is 9.37 Å². The molecule has 116 valence electrons. The molecule has 0 amide bonds. The molecule has 1 atom stereocenters. The topological polar surface area (TPSA) is 34.9 Å². The Labute approximate surface area is 137 Å². The van der Waals surface area contributed by atoms with Crippen LogP contribution in [0.2, 0.25) is 0 Å². The molecule has 1 unspecified atom stereocenters. The summed E-state index contributed by atoms with van der Waals surface area (Å²) in [5, 5.41) is 1.36. The third-order valence-corrected chi connectivity index (χ3v) is 5.48. The van der Waals surface area contributed by atoms with Crippen LogP contribution in [0, 0.1) is 5.82 Å². The Hall–Kier alpha value is -1.27. The van der Waals surface area contributed by atoms with E-state index in [4.69, 9.17) is 4.98 Å². The highest BCUT2D eigenvalue weighted by Gasteiger charge is 2.27. The van der Waals surface area contributed by atoms with E-state index in [1.165, 1.54) is 12.1 Å². The Bertz CT molecular complexity index is 756. The Morgan fingerprint density at radius 1 is 1.36 bits per heavy atom. The van der Waals surface area contributed by atoms with E-state index in [1.807, 2.05) is 0 Å². The summed E-state index contributed by atoms with van der Waals surface area (Å²) in [7, 11) is 0. The molecule has 0 radical (unpaired) electrons. The van der Waals surface area contributed by atoms with Crippen molar-refractivity contribution >= 4 is 23.5 Å². The summed E-state index contributed by atoms with van der Waals surface area (Å²) in [6, 6.07) is 5.99. The van der Waals surface area contributed by atoms with Crippen molar-refractivity contribution in [2.75, 3.05) is 0 Å². The summed E-state index contributed by atoms with van der Waals surface area (Å²) in [6.07, 6.45) is 0.825. The first-order valence-electron chi connectivity index (χ1n) is 7.21. The standard InChI is InChI=1S/C16H17FN2OS2/c1-9(2)21-16-18-13-8-10(3)22-14(13)15(20)19(16)12-6-4-11(17)5-7-12/h4-7,9-10H,8H2,1-3H3. The van der Waals surface area contributed by atoms with Crippen molar-refractivity contribution in [3.05, 3.63) is 46.1 Å². The molecule has 0 saturated carbocycles. The molecule has 2 heterocycles. The summed E-state index contributed by atoms with van der Waals surface area (Å²) < 4.78 is 14.8. The lowest BCUT2D eigenvalue weighted by molar-refractivity contribution is 0.626. The zero-order valence-electron chi connectivity index (χ0n) is 12.7. The second-order valence-electron chi connectivity index (χ2n) is 5.59. The van der Waals surface area contributed by atoms with Crippen LogP contribution in [0.5, 0.6) is 0 Å². The maximum absolute atomic E-state index is 13.2. The van der Waals surface area contributed by atoms with Gasteiger partial charge in [0.2, 0.25) is 0 Å². The van der Waals surface area contributed by atoms with Crippen molar-refractivity contribution < 1.29 is 4.39 Å². The number of nitrogens with zero attached hydrogens (tertiary/aromatic N) is 2. The van der Waals surface area contributed by atoms with Crippen molar-refractivity contribution in [1.82, 2.24) is 9.55 Å². The summed E-state index contributed by atoms with van der Waals surface area (Å²) in [6.45, 7) is 6.23. The van der Waals surface area contributed by atoms with Crippen LogP contribution in [0.25, 0.3) is 5.69 Å². The van der Waals surface area contributed by atoms with Crippen LogP contribution in [0.3, 0.4) is 0 Å². The van der Waals surface area contributed by atoms with Crippen LogP contribution in [0.4, 0.5) is 4.39 Å². The summed E-state index contributed by atoms with van der Waals surface area (Å²) in [5.41, 5.74) is 1.50. The number of hydrogen-bond donors (Lipinski definition) is 0. The van der Waals surface area contributed by atoms with Crippen LogP contribution in [0.1, 0.15) is 26.5 Å². The number of fused-ring (bicyclic) bond motifs is 1. The molecule has 0 saturated heterocycles. The first-order valence-corrected chi connectivity index (χ1v) is 8.97. The molecule has 0 fully saturated rings. The van der Waals surface area contributed by atoms with E-state index in [1.54, 1.807) is 40.2 Å². The molecule has 1 aromatic heterocycles. The van der Waals surface area contributed by atoms with Gasteiger partial charge in [-0.15, -0.1) is 11.8 Å².